The van der Waals surface area contributed by atoms with Crippen molar-refractivity contribution in [2.24, 2.45) is 5.92 Å². The van der Waals surface area contributed by atoms with Crippen LogP contribution in [0, 0.1) is 5.92 Å². The highest BCUT2D eigenvalue weighted by molar-refractivity contribution is 5.94. The van der Waals surface area contributed by atoms with E-state index in [9.17, 15) is 14.4 Å². The maximum atomic E-state index is 13.0. The first-order valence-corrected chi connectivity index (χ1v) is 8.75. The Labute approximate surface area is 146 Å². The summed E-state index contributed by atoms with van der Waals surface area (Å²) >= 11 is 0. The van der Waals surface area contributed by atoms with Crippen molar-refractivity contribution < 1.29 is 18.9 Å². The Kier molecular flexibility index (Phi) is 5.06. The quantitative estimate of drug-likeness (QED) is 0.825. The first kappa shape index (κ1) is 17.4. The minimum Gasteiger partial charge on any atom is -0.360 e. The van der Waals surface area contributed by atoms with E-state index in [1.54, 1.807) is 16.8 Å². The predicted molar refractivity (Wildman–Crippen MR) is 88.9 cm³/mol. The molecule has 8 nitrogen and oxygen atoms in total. The SMILES string of the molecule is CNC(=O)[C@@H]1CN(C(C)=O)CCN(C(=O)c2noc3c2CCCC3)C1. The van der Waals surface area contributed by atoms with Crippen molar-refractivity contribution in [2.45, 2.75) is 32.6 Å². The van der Waals surface area contributed by atoms with Gasteiger partial charge in [0.15, 0.2) is 5.69 Å². The largest absolute Gasteiger partial charge is 0.360 e. The van der Waals surface area contributed by atoms with Gasteiger partial charge in [0.2, 0.25) is 11.8 Å². The highest BCUT2D eigenvalue weighted by atomic mass is 16.5. The van der Waals surface area contributed by atoms with Gasteiger partial charge in [-0.1, -0.05) is 5.16 Å². The number of aromatic nitrogens is 1. The first-order chi connectivity index (χ1) is 12.0. The van der Waals surface area contributed by atoms with Gasteiger partial charge in [0.05, 0.1) is 5.92 Å². The van der Waals surface area contributed by atoms with Gasteiger partial charge in [-0.15, -0.1) is 0 Å². The summed E-state index contributed by atoms with van der Waals surface area (Å²) in [5.41, 5.74) is 1.27. The third-order valence-electron chi connectivity index (χ3n) is 5.02. The Morgan fingerprint density at radius 2 is 1.80 bits per heavy atom. The van der Waals surface area contributed by atoms with Crippen LogP contribution >= 0.6 is 0 Å². The molecule has 25 heavy (non-hydrogen) atoms. The maximum Gasteiger partial charge on any atom is 0.276 e. The lowest BCUT2D eigenvalue weighted by molar-refractivity contribution is -0.130. The fourth-order valence-corrected chi connectivity index (χ4v) is 3.56. The minimum absolute atomic E-state index is 0.0954. The maximum absolute atomic E-state index is 13.0. The topological polar surface area (TPSA) is 95.8 Å². The van der Waals surface area contributed by atoms with Crippen LogP contribution in [0.5, 0.6) is 0 Å². The molecule has 136 valence electrons. The molecule has 1 aromatic rings. The van der Waals surface area contributed by atoms with Crippen LogP contribution in [0.25, 0.3) is 0 Å². The van der Waals surface area contributed by atoms with Crippen LogP contribution in [0.3, 0.4) is 0 Å². The van der Waals surface area contributed by atoms with E-state index in [2.05, 4.69) is 10.5 Å². The number of aryl methyl sites for hydroxylation is 1. The highest BCUT2D eigenvalue weighted by Gasteiger charge is 2.33. The third-order valence-corrected chi connectivity index (χ3v) is 5.02. The summed E-state index contributed by atoms with van der Waals surface area (Å²) in [6.45, 7) is 2.86. The van der Waals surface area contributed by atoms with E-state index in [1.807, 2.05) is 0 Å². The first-order valence-electron chi connectivity index (χ1n) is 8.75. The minimum atomic E-state index is -0.455. The van der Waals surface area contributed by atoms with Gasteiger partial charge in [0.1, 0.15) is 5.76 Å². The molecule has 1 atom stereocenters. The second kappa shape index (κ2) is 7.25. The molecule has 2 heterocycles. The molecule has 3 amide bonds. The van der Waals surface area contributed by atoms with Gasteiger partial charge in [0.25, 0.3) is 5.91 Å². The molecule has 0 aromatic carbocycles. The van der Waals surface area contributed by atoms with Crippen LogP contribution in [-0.4, -0.2) is 65.9 Å². The number of rotatable bonds is 2. The van der Waals surface area contributed by atoms with Gasteiger partial charge in [-0.2, -0.15) is 0 Å². The molecule has 1 aliphatic heterocycles. The summed E-state index contributed by atoms with van der Waals surface area (Å²) < 4.78 is 5.34. The van der Waals surface area contributed by atoms with E-state index in [-0.39, 0.29) is 24.3 Å². The zero-order valence-electron chi connectivity index (χ0n) is 14.7. The molecular weight excluding hydrogens is 324 g/mol. The van der Waals surface area contributed by atoms with Crippen molar-refractivity contribution in [1.82, 2.24) is 20.3 Å². The molecule has 2 aliphatic rings. The Bertz CT molecular complexity index is 684. The molecular formula is C17H24N4O4. The van der Waals surface area contributed by atoms with Crippen LogP contribution < -0.4 is 5.32 Å². The lowest BCUT2D eigenvalue weighted by Crippen LogP contribution is -2.42. The van der Waals surface area contributed by atoms with E-state index >= 15 is 0 Å². The standard InChI is InChI=1S/C17H24N4O4/c1-11(22)20-7-8-21(10-12(9-20)16(23)18-2)17(24)15-13-5-3-4-6-14(13)25-19-15/h12H,3-10H2,1-2H3,(H,18,23)/t12-/m1/s1. The molecule has 8 heteroatoms. The number of nitrogens with one attached hydrogen (secondary N) is 1. The summed E-state index contributed by atoms with van der Waals surface area (Å²) in [6, 6.07) is 0. The smallest absolute Gasteiger partial charge is 0.276 e. The van der Waals surface area contributed by atoms with Crippen LogP contribution in [0.1, 0.15) is 41.6 Å². The predicted octanol–water partition coefficient (Wildman–Crippen LogP) is 0.220. The number of amides is 3. The molecule has 1 saturated heterocycles. The lowest BCUT2D eigenvalue weighted by Gasteiger charge is -2.23. The van der Waals surface area contributed by atoms with Crippen molar-refractivity contribution in [3.63, 3.8) is 0 Å². The highest BCUT2D eigenvalue weighted by Crippen LogP contribution is 2.25. The van der Waals surface area contributed by atoms with Gasteiger partial charge in [-0.3, -0.25) is 14.4 Å². The third kappa shape index (κ3) is 3.52. The number of hydrogen-bond donors (Lipinski definition) is 1. The van der Waals surface area contributed by atoms with Gasteiger partial charge in [-0.25, -0.2) is 0 Å². The van der Waals surface area contributed by atoms with E-state index in [4.69, 9.17) is 4.52 Å². The van der Waals surface area contributed by atoms with Crippen molar-refractivity contribution in [3.05, 3.63) is 17.0 Å². The van der Waals surface area contributed by atoms with Crippen LogP contribution in [0.15, 0.2) is 4.52 Å². The molecule has 1 N–H and O–H groups in total. The van der Waals surface area contributed by atoms with Gasteiger partial charge >= 0.3 is 0 Å². The number of hydrogen-bond acceptors (Lipinski definition) is 5. The molecule has 0 spiro atoms. The molecule has 1 aliphatic carbocycles. The van der Waals surface area contributed by atoms with Crippen molar-refractivity contribution in [2.75, 3.05) is 33.2 Å². The van der Waals surface area contributed by atoms with E-state index < -0.39 is 5.92 Å². The summed E-state index contributed by atoms with van der Waals surface area (Å²) in [7, 11) is 1.56. The number of fused-ring (bicyclic) bond motifs is 1. The second-order valence-corrected chi connectivity index (χ2v) is 6.67. The van der Waals surface area contributed by atoms with E-state index in [0.29, 0.717) is 25.3 Å². The average molecular weight is 348 g/mol. The van der Waals surface area contributed by atoms with Gasteiger partial charge in [-0.05, 0) is 19.3 Å². The lowest BCUT2D eigenvalue weighted by atomic mass is 9.96. The Balaban J connectivity index is 1.82. The summed E-state index contributed by atoms with van der Waals surface area (Å²) in [6.07, 6.45) is 3.68. The van der Waals surface area contributed by atoms with Gasteiger partial charge < -0.3 is 19.6 Å². The zero-order valence-corrected chi connectivity index (χ0v) is 14.7. The molecule has 0 saturated carbocycles. The zero-order chi connectivity index (χ0) is 18.0. The molecule has 0 unspecified atom stereocenters. The Hall–Kier alpha value is -2.38. The summed E-state index contributed by atoms with van der Waals surface area (Å²) in [5.74, 6) is -0.137. The Morgan fingerprint density at radius 3 is 2.52 bits per heavy atom. The van der Waals surface area contributed by atoms with Crippen LogP contribution in [-0.2, 0) is 22.4 Å². The van der Waals surface area contributed by atoms with Crippen molar-refractivity contribution in [3.8, 4) is 0 Å². The Morgan fingerprint density at radius 1 is 1.12 bits per heavy atom. The average Bonchev–Trinajstić information content (AvgIpc) is 2.91. The van der Waals surface area contributed by atoms with Crippen molar-refractivity contribution >= 4 is 17.7 Å². The molecule has 0 radical (unpaired) electrons. The molecule has 1 aromatic heterocycles. The summed E-state index contributed by atoms with van der Waals surface area (Å²) in [4.78, 5) is 40.1. The van der Waals surface area contributed by atoms with Gasteiger partial charge in [0, 0.05) is 52.1 Å². The van der Waals surface area contributed by atoms with Crippen LogP contribution in [0.2, 0.25) is 0 Å². The fraction of sp³-hybridized carbons (Fsp3) is 0.647. The molecule has 0 bridgehead atoms. The van der Waals surface area contributed by atoms with E-state index in [0.717, 1.165) is 37.0 Å². The second-order valence-electron chi connectivity index (χ2n) is 6.67. The van der Waals surface area contributed by atoms with Crippen molar-refractivity contribution in [1.29, 1.82) is 0 Å². The molecule has 3 rings (SSSR count). The normalized spacial score (nSPS) is 20.6. The fourth-order valence-electron chi connectivity index (χ4n) is 3.56. The number of carbonyl (C=O) groups is 3. The molecule has 1 fully saturated rings. The summed E-state index contributed by atoms with van der Waals surface area (Å²) in [5, 5.41) is 6.62. The number of nitrogens with zero attached hydrogens (tertiary/aromatic N) is 3. The van der Waals surface area contributed by atoms with E-state index in [1.165, 1.54) is 6.92 Å². The van der Waals surface area contributed by atoms with Crippen LogP contribution in [0.4, 0.5) is 0 Å². The number of carbonyl (C=O) groups excluding carboxylic acids is 3. The monoisotopic (exact) mass is 348 g/mol.